The summed E-state index contributed by atoms with van der Waals surface area (Å²) in [5.74, 6) is -8.72. The zero-order valence-corrected chi connectivity index (χ0v) is 24.1. The molecule has 0 saturated heterocycles. The third kappa shape index (κ3) is 3.55. The number of fused-ring (bicyclic) bond motifs is 3. The summed E-state index contributed by atoms with van der Waals surface area (Å²) in [5.41, 5.74) is -1.35. The number of Topliss-reactive ketones (excluding diaryl/α,β-unsaturated/α-hetero) is 5. The molecule has 1 aromatic rings. The molecule has 2 saturated carbocycles. The van der Waals surface area contributed by atoms with Crippen LogP contribution in [0.4, 0.5) is 0 Å². The van der Waals surface area contributed by atoms with Crippen molar-refractivity contribution in [1.29, 1.82) is 0 Å². The molecule has 0 spiro atoms. The number of phenols is 1. The first-order valence-electron chi connectivity index (χ1n) is 14.3. The third-order valence-corrected chi connectivity index (χ3v) is 10.1. The molecule has 6 atom stereocenters. The normalized spacial score (nSPS) is 35.2. The van der Waals surface area contributed by atoms with E-state index >= 15 is 0 Å². The summed E-state index contributed by atoms with van der Waals surface area (Å²) in [6.07, 6.45) is 7.15. The van der Waals surface area contributed by atoms with Crippen molar-refractivity contribution >= 4 is 34.5 Å². The number of carbonyl (C=O) groups is 5. The Morgan fingerprint density at radius 3 is 2.35 bits per heavy atom. The van der Waals surface area contributed by atoms with Gasteiger partial charge in [-0.25, -0.2) is 0 Å². The van der Waals surface area contributed by atoms with E-state index in [-0.39, 0.29) is 30.1 Å². The minimum absolute atomic E-state index is 0.0493. The van der Waals surface area contributed by atoms with Gasteiger partial charge in [0.25, 0.3) is 0 Å². The lowest BCUT2D eigenvalue weighted by Crippen LogP contribution is -2.76. The van der Waals surface area contributed by atoms with Crippen LogP contribution in [0.5, 0.6) is 5.75 Å². The van der Waals surface area contributed by atoms with Crippen LogP contribution < -0.4 is 0 Å². The molecule has 0 aromatic heterocycles. The Morgan fingerprint density at radius 1 is 1.07 bits per heavy atom. The van der Waals surface area contributed by atoms with Gasteiger partial charge in [-0.1, -0.05) is 64.8 Å². The second kappa shape index (κ2) is 9.16. The van der Waals surface area contributed by atoms with Gasteiger partial charge in [-0.05, 0) is 66.7 Å². The zero-order valence-electron chi connectivity index (χ0n) is 24.1. The molecule has 0 bridgehead atoms. The number of phenolic OH excluding ortho intramolecular Hbond substituents is 1. The summed E-state index contributed by atoms with van der Waals surface area (Å²) in [5, 5.41) is 23.0. The second-order valence-corrected chi connectivity index (χ2v) is 13.3. The van der Waals surface area contributed by atoms with Gasteiger partial charge in [-0.15, -0.1) is 0 Å². The molecule has 3 unspecified atom stereocenters. The number of carbonyl (C=O) groups excluding carboxylic acids is 5. The molecule has 212 valence electrons. The van der Waals surface area contributed by atoms with Crippen molar-refractivity contribution in [1.82, 2.24) is 0 Å². The van der Waals surface area contributed by atoms with Gasteiger partial charge >= 0.3 is 0 Å². The number of aliphatic hydroxyl groups is 1. The summed E-state index contributed by atoms with van der Waals surface area (Å²) in [7, 11) is 0. The fourth-order valence-electron chi connectivity index (χ4n) is 8.70. The summed E-state index contributed by atoms with van der Waals surface area (Å²) < 4.78 is 0. The molecule has 0 heterocycles. The highest BCUT2D eigenvalue weighted by Crippen LogP contribution is 2.64. The van der Waals surface area contributed by atoms with E-state index in [0.29, 0.717) is 5.56 Å². The summed E-state index contributed by atoms with van der Waals surface area (Å²) in [6, 6.07) is 3.27. The SMILES string of the molecule is CCCC1=CC=C(c2ccc(O)c3c2C[C@]2(C)C[C@]4(C)C(C(C)C)C(=O)C(C(C)=O)C(=O)[C@]4(O)C(=O)C2C3=O)C1. The molecule has 1 aromatic carbocycles. The minimum Gasteiger partial charge on any atom is -0.507 e. The Kier molecular flexibility index (Phi) is 6.49. The number of rotatable bonds is 5. The number of hydrogen-bond acceptors (Lipinski definition) is 7. The van der Waals surface area contributed by atoms with Crippen LogP contribution in [-0.4, -0.2) is 44.7 Å². The van der Waals surface area contributed by atoms with Crippen LogP contribution in [0.1, 0.15) is 88.7 Å². The van der Waals surface area contributed by atoms with Crippen molar-refractivity contribution in [2.24, 2.45) is 34.5 Å². The van der Waals surface area contributed by atoms with Crippen LogP contribution in [-0.2, 0) is 25.6 Å². The standard InChI is InChI=1S/C33H38O7/c1-7-8-18-9-10-19(13-18)20-11-12-22(35)24-21(20)14-31(5)15-32(6)25(16(2)3)27(36)23(17(4)34)29(38)33(32,40)30(39)26(31)28(24)37/h9-12,16,23,25-26,35,40H,7-8,13-15H2,1-6H3/t23?,25?,26?,31-,32-,33+/m1/s1. The number of allylic oxidation sites excluding steroid dienone is 4. The van der Waals surface area contributed by atoms with Crippen LogP contribution in [0.25, 0.3) is 5.57 Å². The Hall–Kier alpha value is -3.19. The van der Waals surface area contributed by atoms with Crippen molar-refractivity contribution in [2.75, 3.05) is 0 Å². The highest BCUT2D eigenvalue weighted by atomic mass is 16.3. The monoisotopic (exact) mass is 546 g/mol. The van der Waals surface area contributed by atoms with Crippen molar-refractivity contribution in [3.63, 3.8) is 0 Å². The lowest BCUT2D eigenvalue weighted by molar-refractivity contribution is -0.205. The first-order valence-corrected chi connectivity index (χ1v) is 14.3. The van der Waals surface area contributed by atoms with E-state index in [9.17, 15) is 34.2 Å². The Labute approximate surface area is 234 Å². The molecule has 7 nitrogen and oxygen atoms in total. The van der Waals surface area contributed by atoms with Gasteiger partial charge in [0.2, 0.25) is 0 Å². The van der Waals surface area contributed by atoms with E-state index in [2.05, 4.69) is 13.0 Å². The molecule has 7 heteroatoms. The van der Waals surface area contributed by atoms with Gasteiger partial charge in [0.05, 0.1) is 11.5 Å². The number of aromatic hydroxyl groups is 1. The van der Waals surface area contributed by atoms with E-state index in [1.165, 1.54) is 11.6 Å². The van der Waals surface area contributed by atoms with Gasteiger partial charge in [0.15, 0.2) is 28.7 Å². The highest BCUT2D eigenvalue weighted by Gasteiger charge is 2.76. The Morgan fingerprint density at radius 2 is 1.75 bits per heavy atom. The molecular weight excluding hydrogens is 508 g/mol. The molecule has 0 amide bonds. The van der Waals surface area contributed by atoms with Crippen molar-refractivity contribution in [3.05, 3.63) is 46.5 Å². The minimum atomic E-state index is -2.68. The van der Waals surface area contributed by atoms with Crippen LogP contribution in [0.15, 0.2) is 29.9 Å². The fourth-order valence-corrected chi connectivity index (χ4v) is 8.70. The van der Waals surface area contributed by atoms with E-state index in [1.54, 1.807) is 20.8 Å². The van der Waals surface area contributed by atoms with Crippen LogP contribution in [0.2, 0.25) is 0 Å². The lowest BCUT2D eigenvalue weighted by atomic mass is 9.40. The maximum atomic E-state index is 14.4. The quantitative estimate of drug-likeness (QED) is 0.517. The molecule has 5 rings (SSSR count). The van der Waals surface area contributed by atoms with Gasteiger partial charge in [-0.3, -0.25) is 24.0 Å². The smallest absolute Gasteiger partial charge is 0.190 e. The predicted molar refractivity (Wildman–Crippen MR) is 149 cm³/mol. The Balaban J connectivity index is 1.68. The maximum Gasteiger partial charge on any atom is 0.190 e. The van der Waals surface area contributed by atoms with Gasteiger partial charge in [0.1, 0.15) is 17.5 Å². The maximum absolute atomic E-state index is 14.4. The van der Waals surface area contributed by atoms with E-state index < -0.39 is 63.1 Å². The highest BCUT2D eigenvalue weighted by molar-refractivity contribution is 6.32. The third-order valence-electron chi connectivity index (χ3n) is 10.1. The molecule has 2 fully saturated rings. The molecule has 4 aliphatic carbocycles. The summed E-state index contributed by atoms with van der Waals surface area (Å²) in [6.45, 7) is 10.2. The molecule has 0 aliphatic heterocycles. The average molecular weight is 547 g/mol. The van der Waals surface area contributed by atoms with Crippen LogP contribution in [0.3, 0.4) is 0 Å². The van der Waals surface area contributed by atoms with E-state index in [4.69, 9.17) is 0 Å². The number of benzene rings is 1. The molecular formula is C33H38O7. The molecule has 2 N–H and O–H groups in total. The number of hydrogen-bond donors (Lipinski definition) is 2. The van der Waals surface area contributed by atoms with E-state index in [0.717, 1.165) is 37.3 Å². The average Bonchev–Trinajstić information content (AvgIpc) is 3.29. The van der Waals surface area contributed by atoms with Crippen molar-refractivity contribution in [3.8, 4) is 5.75 Å². The molecule has 0 radical (unpaired) electrons. The van der Waals surface area contributed by atoms with Crippen molar-refractivity contribution < 1.29 is 34.2 Å². The number of ketones is 5. The first kappa shape index (κ1) is 28.3. The van der Waals surface area contributed by atoms with Gasteiger partial charge in [-0.2, -0.15) is 0 Å². The van der Waals surface area contributed by atoms with E-state index in [1.807, 2.05) is 19.1 Å². The van der Waals surface area contributed by atoms with Crippen LogP contribution in [0, 0.1) is 34.5 Å². The predicted octanol–water partition coefficient (Wildman–Crippen LogP) is 4.61. The molecule has 40 heavy (non-hydrogen) atoms. The Bertz CT molecular complexity index is 1440. The lowest BCUT2D eigenvalue weighted by Gasteiger charge is -2.61. The van der Waals surface area contributed by atoms with Crippen LogP contribution >= 0.6 is 0 Å². The fraction of sp³-hybridized carbons (Fsp3) is 0.545. The second-order valence-electron chi connectivity index (χ2n) is 13.3. The van der Waals surface area contributed by atoms with Gasteiger partial charge in [0, 0.05) is 11.3 Å². The topological polar surface area (TPSA) is 126 Å². The van der Waals surface area contributed by atoms with Gasteiger partial charge < -0.3 is 10.2 Å². The van der Waals surface area contributed by atoms with Crippen molar-refractivity contribution in [2.45, 2.75) is 79.2 Å². The first-order chi connectivity index (χ1) is 18.6. The largest absolute Gasteiger partial charge is 0.507 e. The summed E-state index contributed by atoms with van der Waals surface area (Å²) >= 11 is 0. The molecule has 4 aliphatic rings. The zero-order chi connectivity index (χ0) is 29.5. The summed E-state index contributed by atoms with van der Waals surface area (Å²) in [4.78, 5) is 68.4.